The molecule has 0 radical (unpaired) electrons. The Morgan fingerprint density at radius 1 is 1.22 bits per heavy atom. The third-order valence-corrected chi connectivity index (χ3v) is 6.91. The average molecular weight is 565 g/mol. The number of carbonyl (C=O) groups is 1. The molecule has 11 heteroatoms. The summed E-state index contributed by atoms with van der Waals surface area (Å²) in [5.41, 5.74) is 4.35. The van der Waals surface area contributed by atoms with E-state index in [1.165, 1.54) is 36.8 Å². The molecule has 4 aromatic rings. The van der Waals surface area contributed by atoms with Crippen molar-refractivity contribution in [3.05, 3.63) is 96.8 Å². The summed E-state index contributed by atoms with van der Waals surface area (Å²) >= 11 is 4.69. The van der Waals surface area contributed by atoms with Crippen LogP contribution in [0.5, 0.6) is 11.5 Å². The normalized spacial score (nSPS) is 10.8. The number of hydrazone groups is 1. The molecule has 0 aliphatic heterocycles. The molecule has 0 aliphatic rings. The van der Waals surface area contributed by atoms with Gasteiger partial charge in [-0.2, -0.15) is 10.4 Å². The summed E-state index contributed by atoms with van der Waals surface area (Å²) in [6, 6.07) is 18.8. The molecule has 4 rings (SSSR count). The van der Waals surface area contributed by atoms with Crippen LogP contribution in [0.2, 0.25) is 0 Å². The standard InChI is InChI=1S/C25H17BrN4O5S/c1-34-21-9-18(20(26)11-22(21)35-14-16-5-3-2-4-15(16)12-27)13-28-29-25(31)24-10-17-8-19(30(32)33)6-7-23(17)36-24/h2-11,13H,14H2,1H3,(H,29,31)/b28-13-. The Morgan fingerprint density at radius 3 is 2.78 bits per heavy atom. The zero-order chi connectivity index (χ0) is 25.7. The Balaban J connectivity index is 1.46. The number of nitriles is 1. The van der Waals surface area contributed by atoms with Crippen LogP contribution in [0.1, 0.15) is 26.4 Å². The lowest BCUT2D eigenvalue weighted by Crippen LogP contribution is -2.16. The summed E-state index contributed by atoms with van der Waals surface area (Å²) in [6.45, 7) is 0.189. The van der Waals surface area contributed by atoms with Crippen LogP contribution < -0.4 is 14.9 Å². The largest absolute Gasteiger partial charge is 0.493 e. The molecule has 0 fully saturated rings. The van der Waals surface area contributed by atoms with E-state index in [0.29, 0.717) is 37.4 Å². The highest BCUT2D eigenvalue weighted by atomic mass is 79.9. The van der Waals surface area contributed by atoms with Gasteiger partial charge >= 0.3 is 0 Å². The smallest absolute Gasteiger partial charge is 0.281 e. The van der Waals surface area contributed by atoms with E-state index in [1.807, 2.05) is 12.1 Å². The molecule has 0 saturated carbocycles. The number of ether oxygens (including phenoxy) is 2. The van der Waals surface area contributed by atoms with E-state index in [9.17, 15) is 20.2 Å². The predicted octanol–water partition coefficient (Wildman–Crippen LogP) is 5.80. The van der Waals surface area contributed by atoms with Crippen molar-refractivity contribution in [1.29, 1.82) is 5.26 Å². The van der Waals surface area contributed by atoms with Gasteiger partial charge in [0.05, 0.1) is 34.8 Å². The molecule has 9 nitrogen and oxygen atoms in total. The molecular weight excluding hydrogens is 548 g/mol. The minimum Gasteiger partial charge on any atom is -0.493 e. The maximum atomic E-state index is 12.5. The first-order chi connectivity index (χ1) is 17.4. The Labute approximate surface area is 217 Å². The van der Waals surface area contributed by atoms with E-state index in [0.717, 1.165) is 10.3 Å². The zero-order valence-corrected chi connectivity index (χ0v) is 21.1. The summed E-state index contributed by atoms with van der Waals surface area (Å²) in [6.07, 6.45) is 1.46. The van der Waals surface area contributed by atoms with Crippen molar-refractivity contribution < 1.29 is 19.2 Å². The molecule has 180 valence electrons. The number of rotatable bonds is 8. The van der Waals surface area contributed by atoms with Gasteiger partial charge in [-0.15, -0.1) is 11.3 Å². The van der Waals surface area contributed by atoms with Crippen LogP contribution >= 0.6 is 27.3 Å². The maximum absolute atomic E-state index is 12.5. The van der Waals surface area contributed by atoms with Crippen LogP contribution in [0.4, 0.5) is 5.69 Å². The Hall–Kier alpha value is -4.27. The van der Waals surface area contributed by atoms with Crippen LogP contribution in [-0.4, -0.2) is 24.2 Å². The van der Waals surface area contributed by atoms with Crippen molar-refractivity contribution in [2.24, 2.45) is 5.10 Å². The van der Waals surface area contributed by atoms with Gasteiger partial charge in [-0.1, -0.05) is 18.2 Å². The molecule has 0 aliphatic carbocycles. The van der Waals surface area contributed by atoms with Crippen molar-refractivity contribution >= 4 is 55.2 Å². The Kier molecular flexibility index (Phi) is 7.58. The highest BCUT2D eigenvalue weighted by molar-refractivity contribution is 9.10. The lowest BCUT2D eigenvalue weighted by molar-refractivity contribution is -0.384. The SMILES string of the molecule is COc1cc(/C=N\NC(=O)c2cc3cc([N+](=O)[O-])ccc3s2)c(Br)cc1OCc1ccccc1C#N. The number of hydrogen-bond donors (Lipinski definition) is 1. The number of methoxy groups -OCH3 is 1. The minimum atomic E-state index is -0.477. The number of thiophene rings is 1. The third-order valence-electron chi connectivity index (χ3n) is 5.11. The van der Waals surface area contributed by atoms with E-state index in [-0.39, 0.29) is 12.3 Å². The number of nitrogens with zero attached hydrogens (tertiary/aromatic N) is 3. The van der Waals surface area contributed by atoms with Gasteiger partial charge in [-0.05, 0) is 46.3 Å². The van der Waals surface area contributed by atoms with Gasteiger partial charge in [0.1, 0.15) is 6.61 Å². The van der Waals surface area contributed by atoms with Crippen molar-refractivity contribution in [3.63, 3.8) is 0 Å². The van der Waals surface area contributed by atoms with E-state index >= 15 is 0 Å². The molecular formula is C25H17BrN4O5S. The number of hydrogen-bond acceptors (Lipinski definition) is 8. The Bertz CT molecular complexity index is 1540. The number of amides is 1. The van der Waals surface area contributed by atoms with Crippen LogP contribution in [0.15, 0.2) is 70.2 Å². The molecule has 36 heavy (non-hydrogen) atoms. The van der Waals surface area contributed by atoms with Gasteiger partial charge in [-0.25, -0.2) is 5.43 Å². The molecule has 0 bridgehead atoms. The number of fused-ring (bicyclic) bond motifs is 1. The van der Waals surface area contributed by atoms with Gasteiger partial charge in [0.2, 0.25) is 0 Å². The molecule has 0 unspecified atom stereocenters. The fraction of sp³-hybridized carbons (Fsp3) is 0.0800. The number of halogens is 1. The molecule has 0 atom stereocenters. The first-order valence-corrected chi connectivity index (χ1v) is 12.0. The summed E-state index contributed by atoms with van der Waals surface area (Å²) in [5, 5.41) is 24.9. The monoisotopic (exact) mass is 564 g/mol. The third kappa shape index (κ3) is 5.51. The molecule has 1 amide bonds. The first-order valence-electron chi connectivity index (χ1n) is 10.4. The van der Waals surface area contributed by atoms with E-state index < -0.39 is 10.8 Å². The van der Waals surface area contributed by atoms with E-state index in [4.69, 9.17) is 9.47 Å². The van der Waals surface area contributed by atoms with Crippen molar-refractivity contribution in [3.8, 4) is 17.6 Å². The molecule has 3 aromatic carbocycles. The Morgan fingerprint density at radius 2 is 2.03 bits per heavy atom. The lowest BCUT2D eigenvalue weighted by Gasteiger charge is -2.13. The summed E-state index contributed by atoms with van der Waals surface area (Å²) in [4.78, 5) is 23.4. The lowest BCUT2D eigenvalue weighted by atomic mass is 10.1. The topological polar surface area (TPSA) is 127 Å². The molecule has 0 spiro atoms. The van der Waals surface area contributed by atoms with Gasteiger partial charge < -0.3 is 9.47 Å². The van der Waals surface area contributed by atoms with Crippen molar-refractivity contribution in [1.82, 2.24) is 5.43 Å². The summed E-state index contributed by atoms with van der Waals surface area (Å²) in [5.74, 6) is 0.485. The quantitative estimate of drug-likeness (QED) is 0.164. The number of nitrogens with one attached hydrogen (secondary N) is 1. The second kappa shape index (κ2) is 11.0. The van der Waals surface area contributed by atoms with Gasteiger partial charge in [-0.3, -0.25) is 14.9 Å². The summed E-state index contributed by atoms with van der Waals surface area (Å²) in [7, 11) is 1.51. The van der Waals surface area contributed by atoms with Gasteiger partial charge in [0.15, 0.2) is 11.5 Å². The molecule has 1 heterocycles. The van der Waals surface area contributed by atoms with Crippen LogP contribution in [-0.2, 0) is 6.61 Å². The van der Waals surface area contributed by atoms with Crippen LogP contribution in [0.25, 0.3) is 10.1 Å². The molecule has 1 N–H and O–H groups in total. The van der Waals surface area contributed by atoms with E-state index in [1.54, 1.807) is 36.4 Å². The van der Waals surface area contributed by atoms with Crippen LogP contribution in [0, 0.1) is 21.4 Å². The number of nitro groups is 1. The number of non-ortho nitro benzene ring substituents is 1. The summed E-state index contributed by atoms with van der Waals surface area (Å²) < 4.78 is 12.7. The number of benzene rings is 3. The van der Waals surface area contributed by atoms with E-state index in [2.05, 4.69) is 32.5 Å². The number of carbonyl (C=O) groups excluding carboxylic acids is 1. The minimum absolute atomic E-state index is 0.0363. The number of nitro benzene ring substituents is 1. The van der Waals surface area contributed by atoms with Crippen molar-refractivity contribution in [2.45, 2.75) is 6.61 Å². The fourth-order valence-corrected chi connectivity index (χ4v) is 4.66. The second-order valence-corrected chi connectivity index (χ2v) is 9.31. The van der Waals surface area contributed by atoms with Gasteiger partial charge in [0.25, 0.3) is 11.6 Å². The average Bonchev–Trinajstić information content (AvgIpc) is 3.32. The highest BCUT2D eigenvalue weighted by Crippen LogP contribution is 2.34. The fourth-order valence-electron chi connectivity index (χ4n) is 3.30. The first kappa shape index (κ1) is 24.8. The molecule has 0 saturated heterocycles. The molecule has 1 aromatic heterocycles. The van der Waals surface area contributed by atoms with Crippen molar-refractivity contribution in [2.75, 3.05) is 7.11 Å². The second-order valence-electron chi connectivity index (χ2n) is 7.37. The van der Waals surface area contributed by atoms with Crippen LogP contribution in [0.3, 0.4) is 0 Å². The highest BCUT2D eigenvalue weighted by Gasteiger charge is 2.14. The maximum Gasteiger partial charge on any atom is 0.281 e. The van der Waals surface area contributed by atoms with Gasteiger partial charge in [0, 0.05) is 37.8 Å². The zero-order valence-electron chi connectivity index (χ0n) is 18.7. The predicted molar refractivity (Wildman–Crippen MR) is 140 cm³/mol.